The van der Waals surface area contributed by atoms with E-state index in [0.717, 1.165) is 12.0 Å². The van der Waals surface area contributed by atoms with E-state index in [1.165, 1.54) is 23.5 Å². The first-order valence-corrected chi connectivity index (χ1v) is 9.43. The predicted molar refractivity (Wildman–Crippen MR) is 102 cm³/mol. The Morgan fingerprint density at radius 1 is 1.35 bits per heavy atom. The number of hydrogen-bond donors (Lipinski definition) is 2. The van der Waals surface area contributed by atoms with Gasteiger partial charge in [0.25, 0.3) is 0 Å². The zero-order chi connectivity index (χ0) is 18.7. The molecule has 2 N–H and O–H groups in total. The molecular weight excluding hydrogens is 353 g/mol. The number of nitrogens with one attached hydrogen (secondary N) is 1. The fourth-order valence-corrected chi connectivity index (χ4v) is 3.66. The van der Waals surface area contributed by atoms with Crippen LogP contribution in [-0.4, -0.2) is 46.6 Å². The van der Waals surface area contributed by atoms with Gasteiger partial charge in [-0.05, 0) is 44.5 Å². The van der Waals surface area contributed by atoms with Gasteiger partial charge >= 0.3 is 0 Å². The molecule has 2 aromatic rings. The summed E-state index contributed by atoms with van der Waals surface area (Å²) in [5.41, 5.74) is 2.00. The van der Waals surface area contributed by atoms with Crippen LogP contribution >= 0.6 is 11.3 Å². The minimum absolute atomic E-state index is 0.166. The summed E-state index contributed by atoms with van der Waals surface area (Å²) < 4.78 is 18.6. The molecule has 1 aliphatic rings. The summed E-state index contributed by atoms with van der Waals surface area (Å²) in [6.45, 7) is 5.58. The number of rotatable bonds is 7. The number of hydrogen-bond acceptors (Lipinski definition) is 5. The van der Waals surface area contributed by atoms with Crippen LogP contribution < -0.4 is 0 Å². The molecule has 5 nitrogen and oxygen atoms in total. The standard InChI is InChI=1S/C19H22FN3O2S/c1-12(2)25-9-3-8-23-10-16(24)17(18(23)21)19-22-15(11-26-19)13-4-6-14(20)7-5-13/h4-7,11-12,21,24H,3,8-10H2,1-2H3. The van der Waals surface area contributed by atoms with Crippen LogP contribution in [0.3, 0.4) is 0 Å². The Morgan fingerprint density at radius 2 is 2.08 bits per heavy atom. The van der Waals surface area contributed by atoms with Gasteiger partial charge in [-0.3, -0.25) is 5.41 Å². The summed E-state index contributed by atoms with van der Waals surface area (Å²) in [7, 11) is 0. The first kappa shape index (κ1) is 18.5. The highest BCUT2D eigenvalue weighted by Gasteiger charge is 2.29. The predicted octanol–water partition coefficient (Wildman–Crippen LogP) is 4.33. The summed E-state index contributed by atoms with van der Waals surface area (Å²) in [5.74, 6) is 0.158. The Hall–Kier alpha value is -2.25. The summed E-state index contributed by atoms with van der Waals surface area (Å²) >= 11 is 1.37. The van der Waals surface area contributed by atoms with Gasteiger partial charge in [0.1, 0.15) is 22.4 Å². The van der Waals surface area contributed by atoms with Crippen LogP contribution in [0.2, 0.25) is 0 Å². The highest BCUT2D eigenvalue weighted by Crippen LogP contribution is 2.32. The summed E-state index contributed by atoms with van der Waals surface area (Å²) in [4.78, 5) is 6.36. The Labute approximate surface area is 156 Å². The molecule has 7 heteroatoms. The molecule has 1 aromatic heterocycles. The Bertz CT molecular complexity index is 814. The molecule has 1 aromatic carbocycles. The van der Waals surface area contributed by atoms with Gasteiger partial charge in [0.2, 0.25) is 0 Å². The fraction of sp³-hybridized carbons (Fsp3) is 0.368. The first-order valence-electron chi connectivity index (χ1n) is 8.55. The molecule has 2 heterocycles. The topological polar surface area (TPSA) is 69.4 Å². The molecule has 26 heavy (non-hydrogen) atoms. The highest BCUT2D eigenvalue weighted by molar-refractivity contribution is 7.11. The SMILES string of the molecule is CC(C)OCCCN1CC(O)=C(c2nc(-c3ccc(F)cc3)cs2)C1=N. The summed E-state index contributed by atoms with van der Waals surface area (Å²) in [5, 5.41) is 21.2. The third kappa shape index (κ3) is 4.11. The molecule has 0 amide bonds. The summed E-state index contributed by atoms with van der Waals surface area (Å²) in [6.07, 6.45) is 0.982. The number of aliphatic hydroxyl groups excluding tert-OH is 1. The zero-order valence-electron chi connectivity index (χ0n) is 14.8. The van der Waals surface area contributed by atoms with E-state index in [2.05, 4.69) is 4.98 Å². The number of nitrogens with zero attached hydrogens (tertiary/aromatic N) is 2. The molecule has 0 atom stereocenters. The van der Waals surface area contributed by atoms with Gasteiger partial charge in [0, 0.05) is 24.1 Å². The largest absolute Gasteiger partial charge is 0.510 e. The molecule has 0 fully saturated rings. The van der Waals surface area contributed by atoms with E-state index in [1.54, 1.807) is 12.1 Å². The zero-order valence-corrected chi connectivity index (χ0v) is 15.6. The third-order valence-electron chi connectivity index (χ3n) is 4.06. The van der Waals surface area contributed by atoms with Crippen molar-refractivity contribution in [3.63, 3.8) is 0 Å². The Morgan fingerprint density at radius 3 is 2.77 bits per heavy atom. The molecule has 0 radical (unpaired) electrons. The molecule has 0 saturated heterocycles. The van der Waals surface area contributed by atoms with Gasteiger partial charge in [0.05, 0.1) is 23.9 Å². The van der Waals surface area contributed by atoms with E-state index in [4.69, 9.17) is 10.1 Å². The Kier molecular flexibility index (Phi) is 5.68. The molecule has 0 spiro atoms. The minimum atomic E-state index is -0.292. The van der Waals surface area contributed by atoms with Crippen molar-refractivity contribution in [3.05, 3.63) is 46.2 Å². The maximum absolute atomic E-state index is 13.1. The second kappa shape index (κ2) is 7.97. The smallest absolute Gasteiger partial charge is 0.135 e. The van der Waals surface area contributed by atoms with Crippen LogP contribution in [0.5, 0.6) is 0 Å². The van der Waals surface area contributed by atoms with Crippen molar-refractivity contribution in [2.75, 3.05) is 19.7 Å². The normalized spacial score (nSPS) is 14.8. The van der Waals surface area contributed by atoms with Gasteiger partial charge in [0.15, 0.2) is 0 Å². The molecule has 1 aliphatic heterocycles. The van der Waals surface area contributed by atoms with E-state index < -0.39 is 0 Å². The second-order valence-electron chi connectivity index (χ2n) is 6.41. The van der Waals surface area contributed by atoms with Gasteiger partial charge < -0.3 is 14.7 Å². The number of benzene rings is 1. The summed E-state index contributed by atoms with van der Waals surface area (Å²) in [6, 6.07) is 6.13. The molecule has 3 rings (SSSR count). The lowest BCUT2D eigenvalue weighted by Gasteiger charge is -2.18. The van der Waals surface area contributed by atoms with E-state index in [1.807, 2.05) is 24.1 Å². The van der Waals surface area contributed by atoms with Crippen LogP contribution in [0.1, 0.15) is 25.3 Å². The van der Waals surface area contributed by atoms with E-state index in [9.17, 15) is 9.50 Å². The minimum Gasteiger partial charge on any atom is -0.510 e. The van der Waals surface area contributed by atoms with Crippen LogP contribution in [0.15, 0.2) is 35.4 Å². The van der Waals surface area contributed by atoms with Crippen molar-refractivity contribution in [2.45, 2.75) is 26.4 Å². The number of thiazole rings is 1. The second-order valence-corrected chi connectivity index (χ2v) is 7.27. The van der Waals surface area contributed by atoms with Crippen molar-refractivity contribution >= 4 is 22.7 Å². The molecule has 0 unspecified atom stereocenters. The van der Waals surface area contributed by atoms with Gasteiger partial charge in [-0.1, -0.05) is 0 Å². The number of halogens is 1. The molecule has 0 saturated carbocycles. The molecular formula is C19H22FN3O2S. The number of ether oxygens (including phenoxy) is 1. The van der Waals surface area contributed by atoms with Crippen molar-refractivity contribution in [3.8, 4) is 11.3 Å². The third-order valence-corrected chi connectivity index (χ3v) is 4.92. The quantitative estimate of drug-likeness (QED) is 0.707. The number of aromatic nitrogens is 1. The monoisotopic (exact) mass is 375 g/mol. The van der Waals surface area contributed by atoms with Crippen LogP contribution in [0.4, 0.5) is 4.39 Å². The lowest BCUT2D eigenvalue weighted by atomic mass is 10.2. The average Bonchev–Trinajstić information content (AvgIpc) is 3.17. The molecule has 0 bridgehead atoms. The number of amidine groups is 1. The van der Waals surface area contributed by atoms with E-state index in [0.29, 0.717) is 36.0 Å². The number of aliphatic hydroxyl groups is 1. The van der Waals surface area contributed by atoms with Crippen molar-refractivity contribution < 1.29 is 14.2 Å². The van der Waals surface area contributed by atoms with Gasteiger partial charge in [-0.25, -0.2) is 9.37 Å². The van der Waals surface area contributed by atoms with Crippen LogP contribution in [0.25, 0.3) is 16.8 Å². The van der Waals surface area contributed by atoms with Crippen LogP contribution in [-0.2, 0) is 4.74 Å². The molecule has 138 valence electrons. The van der Waals surface area contributed by atoms with E-state index >= 15 is 0 Å². The van der Waals surface area contributed by atoms with Gasteiger partial charge in [-0.15, -0.1) is 11.3 Å². The van der Waals surface area contributed by atoms with Gasteiger partial charge in [-0.2, -0.15) is 0 Å². The molecule has 0 aliphatic carbocycles. The average molecular weight is 375 g/mol. The highest BCUT2D eigenvalue weighted by atomic mass is 32.1. The maximum Gasteiger partial charge on any atom is 0.135 e. The first-order chi connectivity index (χ1) is 12.5. The van der Waals surface area contributed by atoms with E-state index in [-0.39, 0.29) is 23.5 Å². The lowest BCUT2D eigenvalue weighted by Crippen LogP contribution is -2.28. The van der Waals surface area contributed by atoms with Crippen molar-refractivity contribution in [1.29, 1.82) is 5.41 Å². The lowest BCUT2D eigenvalue weighted by molar-refractivity contribution is 0.0742. The van der Waals surface area contributed by atoms with Crippen molar-refractivity contribution in [2.24, 2.45) is 0 Å². The van der Waals surface area contributed by atoms with Crippen molar-refractivity contribution in [1.82, 2.24) is 9.88 Å². The maximum atomic E-state index is 13.1. The Balaban J connectivity index is 1.68. The fourth-order valence-electron chi connectivity index (χ4n) is 2.77. The van der Waals surface area contributed by atoms with Crippen LogP contribution in [0, 0.1) is 11.2 Å².